The van der Waals surface area contributed by atoms with Gasteiger partial charge in [-0.3, -0.25) is 4.79 Å². The fraction of sp³-hybridized carbons (Fsp3) is 0.714. The molecule has 6 nitrogen and oxygen atoms in total. The van der Waals surface area contributed by atoms with Crippen molar-refractivity contribution >= 4 is 28.2 Å². The molecule has 1 unspecified atom stereocenters. The Morgan fingerprint density at radius 2 is 2.29 bits per heavy atom. The minimum absolute atomic E-state index is 0.0241. The molecule has 7 heteroatoms. The molecule has 1 aromatic rings. The van der Waals surface area contributed by atoms with Crippen molar-refractivity contribution in [2.24, 2.45) is 0 Å². The molecule has 2 fully saturated rings. The molecule has 3 rings (SSSR count). The maximum Gasteiger partial charge on any atom is 0.267 e. The summed E-state index contributed by atoms with van der Waals surface area (Å²) in [5.41, 5.74) is 5.94. The average Bonchev–Trinajstić information content (AvgIpc) is 2.62. The van der Waals surface area contributed by atoms with Crippen molar-refractivity contribution in [1.82, 2.24) is 9.88 Å². The minimum atomic E-state index is -0.0241. The largest absolute Gasteiger partial charge is 0.382 e. The number of anilines is 2. The Morgan fingerprint density at radius 3 is 3.00 bits per heavy atom. The number of aromatic nitrogens is 1. The van der Waals surface area contributed by atoms with Gasteiger partial charge in [-0.25, -0.2) is 4.98 Å². The molecule has 3 N–H and O–H groups in total. The number of carbonyl (C=O) groups is 1. The van der Waals surface area contributed by atoms with E-state index in [4.69, 9.17) is 10.5 Å². The first kappa shape index (κ1) is 14.6. The van der Waals surface area contributed by atoms with E-state index < -0.39 is 0 Å². The van der Waals surface area contributed by atoms with Gasteiger partial charge in [-0.1, -0.05) is 11.3 Å². The van der Waals surface area contributed by atoms with Crippen LogP contribution >= 0.6 is 11.3 Å². The first-order valence-corrected chi connectivity index (χ1v) is 8.39. The summed E-state index contributed by atoms with van der Waals surface area (Å²) in [6.45, 7) is 4.02. The van der Waals surface area contributed by atoms with Crippen molar-refractivity contribution in [3.8, 4) is 0 Å². The number of carbonyl (C=O) groups excluding carboxylic acids is 1. The summed E-state index contributed by atoms with van der Waals surface area (Å²) in [7, 11) is 0. The van der Waals surface area contributed by atoms with Crippen LogP contribution in [0.1, 0.15) is 42.3 Å². The molecule has 1 saturated heterocycles. The van der Waals surface area contributed by atoms with Crippen LogP contribution in [0.25, 0.3) is 0 Å². The van der Waals surface area contributed by atoms with Crippen molar-refractivity contribution in [1.29, 1.82) is 0 Å². The number of ether oxygens (including phenoxy) is 1. The van der Waals surface area contributed by atoms with Gasteiger partial charge >= 0.3 is 0 Å². The maximum atomic E-state index is 12.6. The number of nitrogens with zero attached hydrogens (tertiary/aromatic N) is 2. The third-order valence-electron chi connectivity index (χ3n) is 4.02. The van der Waals surface area contributed by atoms with Crippen molar-refractivity contribution < 1.29 is 9.53 Å². The number of nitrogen functional groups attached to an aromatic ring is 1. The zero-order valence-electron chi connectivity index (χ0n) is 12.3. The first-order chi connectivity index (χ1) is 10.1. The van der Waals surface area contributed by atoms with Crippen LogP contribution in [0.3, 0.4) is 0 Å². The normalized spacial score (nSPS) is 23.5. The Bertz CT molecular complexity index is 515. The zero-order valence-corrected chi connectivity index (χ0v) is 13.1. The lowest BCUT2D eigenvalue weighted by Crippen LogP contribution is -2.35. The lowest BCUT2D eigenvalue weighted by Gasteiger charge is -2.25. The fourth-order valence-corrected chi connectivity index (χ4v) is 3.53. The molecular formula is C14H22N4O2S. The smallest absolute Gasteiger partial charge is 0.267 e. The molecular weight excluding hydrogens is 288 g/mol. The third-order valence-corrected chi connectivity index (χ3v) is 5.01. The summed E-state index contributed by atoms with van der Waals surface area (Å²) in [5, 5.41) is 4.11. The molecule has 1 saturated carbocycles. The number of rotatable bonds is 3. The highest BCUT2D eigenvalue weighted by molar-refractivity contribution is 7.18. The molecule has 2 heterocycles. The fourth-order valence-electron chi connectivity index (χ4n) is 2.60. The molecule has 1 aromatic heterocycles. The minimum Gasteiger partial charge on any atom is -0.382 e. The number of amides is 1. The summed E-state index contributed by atoms with van der Waals surface area (Å²) in [5.74, 6) is 0.314. The van der Waals surface area contributed by atoms with Gasteiger partial charge in [-0.05, 0) is 32.6 Å². The van der Waals surface area contributed by atoms with Crippen molar-refractivity contribution in [2.75, 3.05) is 30.7 Å². The molecule has 0 spiro atoms. The summed E-state index contributed by atoms with van der Waals surface area (Å²) < 4.78 is 5.58. The SMILES string of the molecule is CC1CN(C(=O)c2sc(NC3CCC3)nc2N)CCCO1. The van der Waals surface area contributed by atoms with Crippen LogP contribution in [-0.4, -0.2) is 47.6 Å². The molecule has 0 radical (unpaired) electrons. The van der Waals surface area contributed by atoms with E-state index in [1.807, 2.05) is 11.8 Å². The van der Waals surface area contributed by atoms with Crippen molar-refractivity contribution in [2.45, 2.75) is 44.8 Å². The van der Waals surface area contributed by atoms with Crippen molar-refractivity contribution in [3.63, 3.8) is 0 Å². The summed E-state index contributed by atoms with van der Waals surface area (Å²) in [6.07, 6.45) is 4.53. The molecule has 21 heavy (non-hydrogen) atoms. The second-order valence-corrected chi connectivity index (χ2v) is 6.79. The van der Waals surface area contributed by atoms with Gasteiger partial charge in [-0.15, -0.1) is 0 Å². The lowest BCUT2D eigenvalue weighted by atomic mass is 9.93. The zero-order chi connectivity index (χ0) is 14.8. The van der Waals surface area contributed by atoms with Gasteiger partial charge in [0.15, 0.2) is 5.13 Å². The van der Waals surface area contributed by atoms with E-state index in [-0.39, 0.29) is 12.0 Å². The first-order valence-electron chi connectivity index (χ1n) is 7.57. The number of nitrogens with one attached hydrogen (secondary N) is 1. The number of nitrogens with two attached hydrogens (primary N) is 1. The maximum absolute atomic E-state index is 12.6. The van der Waals surface area contributed by atoms with E-state index in [0.29, 0.717) is 36.4 Å². The highest BCUT2D eigenvalue weighted by atomic mass is 32.1. The Balaban J connectivity index is 1.70. The van der Waals surface area contributed by atoms with E-state index in [1.165, 1.54) is 30.6 Å². The summed E-state index contributed by atoms with van der Waals surface area (Å²) >= 11 is 1.37. The standard InChI is InChI=1S/C14H22N4O2S/c1-9-8-18(6-3-7-20-9)13(19)11-12(15)17-14(21-11)16-10-4-2-5-10/h9-10H,2-8,15H2,1H3,(H,16,17). The quantitative estimate of drug-likeness (QED) is 0.892. The second-order valence-electron chi connectivity index (χ2n) is 5.79. The van der Waals surface area contributed by atoms with Gasteiger partial charge < -0.3 is 20.7 Å². The van der Waals surface area contributed by atoms with E-state index >= 15 is 0 Å². The van der Waals surface area contributed by atoms with Gasteiger partial charge in [0, 0.05) is 25.7 Å². The molecule has 1 atom stereocenters. The van der Waals surface area contributed by atoms with E-state index in [1.54, 1.807) is 0 Å². The Hall–Kier alpha value is -1.34. The molecule has 0 bridgehead atoms. The van der Waals surface area contributed by atoms with E-state index in [0.717, 1.165) is 11.6 Å². The Kier molecular flexibility index (Phi) is 4.30. The predicted molar refractivity (Wildman–Crippen MR) is 83.7 cm³/mol. The average molecular weight is 310 g/mol. The highest BCUT2D eigenvalue weighted by Gasteiger charge is 2.26. The predicted octanol–water partition coefficient (Wildman–Crippen LogP) is 1.94. The van der Waals surface area contributed by atoms with Gasteiger partial charge in [0.1, 0.15) is 10.7 Å². The summed E-state index contributed by atoms with van der Waals surface area (Å²) in [6, 6.07) is 0.491. The van der Waals surface area contributed by atoms with Gasteiger partial charge in [0.25, 0.3) is 5.91 Å². The third kappa shape index (κ3) is 3.29. The monoisotopic (exact) mass is 310 g/mol. The van der Waals surface area contributed by atoms with Crippen LogP contribution in [0.2, 0.25) is 0 Å². The topological polar surface area (TPSA) is 80.5 Å². The number of hydrogen-bond acceptors (Lipinski definition) is 6. The lowest BCUT2D eigenvalue weighted by molar-refractivity contribution is 0.0566. The van der Waals surface area contributed by atoms with Crippen LogP contribution in [-0.2, 0) is 4.74 Å². The molecule has 0 aromatic carbocycles. The van der Waals surface area contributed by atoms with Crippen LogP contribution < -0.4 is 11.1 Å². The van der Waals surface area contributed by atoms with Crippen LogP contribution in [0.5, 0.6) is 0 Å². The van der Waals surface area contributed by atoms with E-state index in [9.17, 15) is 4.79 Å². The number of thiazole rings is 1. The molecule has 1 amide bonds. The molecule has 116 valence electrons. The van der Waals surface area contributed by atoms with E-state index in [2.05, 4.69) is 10.3 Å². The Morgan fingerprint density at radius 1 is 1.48 bits per heavy atom. The summed E-state index contributed by atoms with van der Waals surface area (Å²) in [4.78, 5) is 19.3. The molecule has 1 aliphatic heterocycles. The molecule has 1 aliphatic carbocycles. The van der Waals surface area contributed by atoms with Crippen molar-refractivity contribution in [3.05, 3.63) is 4.88 Å². The van der Waals surface area contributed by atoms with Gasteiger partial charge in [0.05, 0.1) is 6.10 Å². The van der Waals surface area contributed by atoms with Crippen LogP contribution in [0.15, 0.2) is 0 Å². The van der Waals surface area contributed by atoms with Crippen LogP contribution in [0, 0.1) is 0 Å². The van der Waals surface area contributed by atoms with Crippen LogP contribution in [0.4, 0.5) is 10.9 Å². The second kappa shape index (κ2) is 6.19. The Labute approximate surface area is 128 Å². The molecule has 2 aliphatic rings. The highest BCUT2D eigenvalue weighted by Crippen LogP contribution is 2.30. The van der Waals surface area contributed by atoms with Gasteiger partial charge in [0.2, 0.25) is 0 Å². The van der Waals surface area contributed by atoms with Gasteiger partial charge in [-0.2, -0.15) is 0 Å². The number of hydrogen-bond donors (Lipinski definition) is 2.